The molecule has 0 spiro atoms. The second kappa shape index (κ2) is 7.30. The number of fused-ring (bicyclic) bond motifs is 1. The van der Waals surface area contributed by atoms with Gasteiger partial charge in [0.25, 0.3) is 0 Å². The molecule has 8 heteroatoms. The van der Waals surface area contributed by atoms with Crippen molar-refractivity contribution in [1.29, 1.82) is 0 Å². The Kier molecular flexibility index (Phi) is 4.88. The number of hydrogen-bond donors (Lipinski definition) is 2. The van der Waals surface area contributed by atoms with Gasteiger partial charge in [-0.05, 0) is 24.1 Å². The van der Waals surface area contributed by atoms with Gasteiger partial charge in [0.15, 0.2) is 0 Å². The fourth-order valence-electron chi connectivity index (χ4n) is 3.89. The van der Waals surface area contributed by atoms with Gasteiger partial charge in [-0.1, -0.05) is 6.07 Å². The fourth-order valence-corrected chi connectivity index (χ4v) is 3.89. The van der Waals surface area contributed by atoms with Crippen molar-refractivity contribution in [3.05, 3.63) is 29.6 Å². The fraction of sp³-hybridized carbons (Fsp3) is 0.556. The lowest BCUT2D eigenvalue weighted by Crippen LogP contribution is -2.63. The van der Waals surface area contributed by atoms with Gasteiger partial charge in [-0.15, -0.1) is 0 Å². The van der Waals surface area contributed by atoms with Crippen LogP contribution in [0.5, 0.6) is 0 Å². The summed E-state index contributed by atoms with van der Waals surface area (Å²) in [5, 5.41) is 6.21. The zero-order chi connectivity index (χ0) is 18.1. The summed E-state index contributed by atoms with van der Waals surface area (Å²) in [5.74, 6) is -0.527. The summed E-state index contributed by atoms with van der Waals surface area (Å²) in [6, 6.07) is 4.55. The number of benzene rings is 1. The summed E-state index contributed by atoms with van der Waals surface area (Å²) in [5.41, 5.74) is 1.62. The Hall–Kier alpha value is -2.03. The van der Waals surface area contributed by atoms with E-state index in [1.54, 1.807) is 11.0 Å². The molecular formula is C18H23FN4O3. The van der Waals surface area contributed by atoms with Gasteiger partial charge in [-0.3, -0.25) is 19.8 Å². The van der Waals surface area contributed by atoms with Gasteiger partial charge in [0, 0.05) is 25.3 Å². The van der Waals surface area contributed by atoms with Crippen LogP contribution >= 0.6 is 0 Å². The van der Waals surface area contributed by atoms with Crippen LogP contribution in [-0.2, 0) is 20.7 Å². The summed E-state index contributed by atoms with van der Waals surface area (Å²) in [4.78, 5) is 28.6. The van der Waals surface area contributed by atoms with Gasteiger partial charge in [-0.2, -0.15) is 0 Å². The minimum absolute atomic E-state index is 0.0640. The third kappa shape index (κ3) is 3.58. The highest BCUT2D eigenvalue weighted by atomic mass is 19.1. The first kappa shape index (κ1) is 17.4. The molecule has 4 rings (SSSR count). The van der Waals surface area contributed by atoms with Gasteiger partial charge < -0.3 is 15.0 Å². The van der Waals surface area contributed by atoms with Crippen LogP contribution in [0.3, 0.4) is 0 Å². The average molecular weight is 362 g/mol. The topological polar surface area (TPSA) is 73.9 Å². The molecular weight excluding hydrogens is 339 g/mol. The predicted octanol–water partition coefficient (Wildman–Crippen LogP) is 0.199. The van der Waals surface area contributed by atoms with E-state index in [0.717, 1.165) is 25.1 Å². The van der Waals surface area contributed by atoms with Crippen LogP contribution in [0.4, 0.5) is 10.1 Å². The van der Waals surface area contributed by atoms with Crippen LogP contribution in [0.2, 0.25) is 0 Å². The lowest BCUT2D eigenvalue weighted by atomic mass is 10.1. The predicted molar refractivity (Wildman–Crippen MR) is 92.9 cm³/mol. The standard InChI is InChI=1S/C18H23FN4O3/c19-13-2-1-12-3-4-23(14(12)9-13)18(25)10-15-20-16(11-17(24)21-15)22-5-7-26-8-6-22/h1-2,9,15-16,20H,3-8,10-11H2,(H,21,24). The van der Waals surface area contributed by atoms with Crippen molar-refractivity contribution in [2.75, 3.05) is 37.7 Å². The zero-order valence-electron chi connectivity index (χ0n) is 14.5. The lowest BCUT2D eigenvalue weighted by Gasteiger charge is -2.40. The highest BCUT2D eigenvalue weighted by Gasteiger charge is 2.33. The Labute approximate surface area is 151 Å². The van der Waals surface area contributed by atoms with E-state index >= 15 is 0 Å². The normalized spacial score (nSPS) is 26.5. The maximum atomic E-state index is 13.5. The molecule has 2 N–H and O–H groups in total. The molecule has 3 aliphatic heterocycles. The molecule has 2 fully saturated rings. The van der Waals surface area contributed by atoms with Crippen LogP contribution in [0, 0.1) is 5.82 Å². The molecule has 1 aromatic rings. The molecule has 2 amide bonds. The molecule has 140 valence electrons. The van der Waals surface area contributed by atoms with E-state index in [2.05, 4.69) is 15.5 Å². The smallest absolute Gasteiger partial charge is 0.230 e. The van der Waals surface area contributed by atoms with E-state index in [0.29, 0.717) is 31.9 Å². The molecule has 2 saturated heterocycles. The van der Waals surface area contributed by atoms with Gasteiger partial charge in [-0.25, -0.2) is 4.39 Å². The number of halogens is 1. The molecule has 1 aromatic carbocycles. The summed E-state index contributed by atoms with van der Waals surface area (Å²) < 4.78 is 18.9. The van der Waals surface area contributed by atoms with Crippen LogP contribution in [0.25, 0.3) is 0 Å². The van der Waals surface area contributed by atoms with E-state index in [-0.39, 0.29) is 30.2 Å². The van der Waals surface area contributed by atoms with Crippen LogP contribution < -0.4 is 15.5 Å². The number of carbonyl (C=O) groups excluding carboxylic acids is 2. The highest BCUT2D eigenvalue weighted by molar-refractivity contribution is 5.96. The summed E-state index contributed by atoms with van der Waals surface area (Å²) >= 11 is 0. The van der Waals surface area contributed by atoms with E-state index in [1.807, 2.05) is 0 Å². The molecule has 0 bridgehead atoms. The third-order valence-corrected chi connectivity index (χ3v) is 5.22. The van der Waals surface area contributed by atoms with Crippen molar-refractivity contribution < 1.29 is 18.7 Å². The maximum Gasteiger partial charge on any atom is 0.230 e. The monoisotopic (exact) mass is 362 g/mol. The van der Waals surface area contributed by atoms with Gasteiger partial charge in [0.2, 0.25) is 11.8 Å². The Morgan fingerprint density at radius 2 is 2.08 bits per heavy atom. The average Bonchev–Trinajstić information content (AvgIpc) is 3.05. The van der Waals surface area contributed by atoms with Crippen LogP contribution in [0.1, 0.15) is 18.4 Å². The molecule has 3 heterocycles. The first-order chi connectivity index (χ1) is 12.6. The van der Waals surface area contributed by atoms with Crippen LogP contribution in [0.15, 0.2) is 18.2 Å². The second-order valence-electron chi connectivity index (χ2n) is 6.93. The minimum atomic E-state index is -0.422. The third-order valence-electron chi connectivity index (χ3n) is 5.22. The second-order valence-corrected chi connectivity index (χ2v) is 6.93. The van der Waals surface area contributed by atoms with E-state index < -0.39 is 6.17 Å². The van der Waals surface area contributed by atoms with Crippen molar-refractivity contribution in [2.24, 2.45) is 0 Å². The molecule has 0 aliphatic carbocycles. The van der Waals surface area contributed by atoms with Crippen molar-refractivity contribution in [3.63, 3.8) is 0 Å². The van der Waals surface area contributed by atoms with Gasteiger partial charge in [0.05, 0.1) is 38.4 Å². The van der Waals surface area contributed by atoms with Crippen molar-refractivity contribution in [3.8, 4) is 0 Å². The van der Waals surface area contributed by atoms with Crippen molar-refractivity contribution in [1.82, 2.24) is 15.5 Å². The summed E-state index contributed by atoms with van der Waals surface area (Å²) in [7, 11) is 0. The van der Waals surface area contributed by atoms with Gasteiger partial charge in [0.1, 0.15) is 5.82 Å². The molecule has 2 atom stereocenters. The van der Waals surface area contributed by atoms with E-state index in [4.69, 9.17) is 4.74 Å². The number of hydrogen-bond acceptors (Lipinski definition) is 5. The summed E-state index contributed by atoms with van der Waals surface area (Å²) in [6.45, 7) is 3.39. The maximum absolute atomic E-state index is 13.5. The Bertz CT molecular complexity index is 708. The number of nitrogens with zero attached hydrogens (tertiary/aromatic N) is 2. The minimum Gasteiger partial charge on any atom is -0.379 e. The first-order valence-electron chi connectivity index (χ1n) is 9.06. The number of rotatable bonds is 3. The quantitative estimate of drug-likeness (QED) is 0.804. The Morgan fingerprint density at radius 3 is 2.88 bits per heavy atom. The van der Waals surface area contributed by atoms with Crippen molar-refractivity contribution >= 4 is 17.5 Å². The highest BCUT2D eigenvalue weighted by Crippen LogP contribution is 2.29. The molecule has 3 aliphatic rings. The number of ether oxygens (including phenoxy) is 1. The van der Waals surface area contributed by atoms with E-state index in [1.165, 1.54) is 12.1 Å². The SMILES string of the molecule is O=C1CC(N2CCOCC2)NC(CC(=O)N2CCc3ccc(F)cc32)N1. The molecule has 0 radical (unpaired) electrons. The molecule has 0 saturated carbocycles. The summed E-state index contributed by atoms with van der Waals surface area (Å²) in [6.07, 6.45) is 0.718. The van der Waals surface area contributed by atoms with Crippen LogP contribution in [-0.4, -0.2) is 61.9 Å². The first-order valence-corrected chi connectivity index (χ1v) is 9.06. The number of amides is 2. The Morgan fingerprint density at radius 1 is 1.27 bits per heavy atom. The number of morpholine rings is 1. The number of carbonyl (C=O) groups is 2. The van der Waals surface area contributed by atoms with Gasteiger partial charge >= 0.3 is 0 Å². The van der Waals surface area contributed by atoms with E-state index in [9.17, 15) is 14.0 Å². The molecule has 26 heavy (non-hydrogen) atoms. The van der Waals surface area contributed by atoms with Crippen molar-refractivity contribution in [2.45, 2.75) is 31.6 Å². The number of nitrogens with one attached hydrogen (secondary N) is 2. The Balaban J connectivity index is 1.41. The molecule has 0 aromatic heterocycles. The zero-order valence-corrected chi connectivity index (χ0v) is 14.5. The molecule has 7 nitrogen and oxygen atoms in total. The lowest BCUT2D eigenvalue weighted by molar-refractivity contribution is -0.128. The largest absolute Gasteiger partial charge is 0.379 e. The number of anilines is 1. The molecule has 2 unspecified atom stereocenters.